The lowest BCUT2D eigenvalue weighted by Gasteiger charge is -2.12. The van der Waals surface area contributed by atoms with E-state index in [1.165, 1.54) is 18.7 Å². The molecule has 9 heteroatoms. The van der Waals surface area contributed by atoms with Gasteiger partial charge in [-0.25, -0.2) is 19.5 Å². The van der Waals surface area contributed by atoms with E-state index in [1.54, 1.807) is 47.2 Å². The van der Waals surface area contributed by atoms with E-state index in [0.29, 0.717) is 28.0 Å². The van der Waals surface area contributed by atoms with Crippen molar-refractivity contribution < 1.29 is 18.0 Å². The zero-order valence-electron chi connectivity index (χ0n) is 19.5. The van der Waals surface area contributed by atoms with Crippen molar-refractivity contribution in [1.29, 1.82) is 0 Å². The van der Waals surface area contributed by atoms with Crippen molar-refractivity contribution >= 4 is 11.4 Å². The molecule has 0 saturated heterocycles. The first-order chi connectivity index (χ1) is 17.8. The number of halogens is 3. The van der Waals surface area contributed by atoms with Gasteiger partial charge in [-0.1, -0.05) is 24.1 Å². The molecule has 0 atom stereocenters. The second-order valence-corrected chi connectivity index (χ2v) is 8.36. The summed E-state index contributed by atoms with van der Waals surface area (Å²) in [4.78, 5) is 25.1. The minimum atomic E-state index is -4.57. The fourth-order valence-electron chi connectivity index (χ4n) is 3.84. The van der Waals surface area contributed by atoms with E-state index in [0.717, 1.165) is 17.7 Å². The second-order valence-electron chi connectivity index (χ2n) is 8.36. The van der Waals surface area contributed by atoms with Crippen LogP contribution in [0, 0.1) is 18.8 Å². The maximum atomic E-state index is 13.6. The van der Waals surface area contributed by atoms with Gasteiger partial charge in [-0.05, 0) is 59.9 Å². The quantitative estimate of drug-likeness (QED) is 0.248. The smallest absolute Gasteiger partial charge is 0.294 e. The lowest BCUT2D eigenvalue weighted by molar-refractivity contribution is -0.137. The van der Waals surface area contributed by atoms with Gasteiger partial charge in [0, 0.05) is 41.7 Å². The molecule has 0 aliphatic rings. The van der Waals surface area contributed by atoms with Gasteiger partial charge >= 0.3 is 6.18 Å². The number of ketones is 1. The lowest BCUT2D eigenvalue weighted by Crippen LogP contribution is -2.09. The summed E-state index contributed by atoms with van der Waals surface area (Å²) in [6.45, 7) is 1.87. The molecule has 3 heterocycles. The van der Waals surface area contributed by atoms with Gasteiger partial charge in [0.15, 0.2) is 11.4 Å². The van der Waals surface area contributed by atoms with Crippen LogP contribution < -0.4 is 0 Å². The van der Waals surface area contributed by atoms with E-state index in [2.05, 4.69) is 31.9 Å². The number of rotatable bonds is 4. The molecule has 0 aliphatic carbocycles. The third-order valence-corrected chi connectivity index (χ3v) is 5.74. The first kappa shape index (κ1) is 23.9. The third kappa shape index (κ3) is 5.23. The summed E-state index contributed by atoms with van der Waals surface area (Å²) < 4.78 is 42.3. The number of Topliss-reactive ketones (excluding diaryl/α,β-unsaturated/α-hetero) is 1. The Kier molecular flexibility index (Phi) is 6.24. The number of imidazole rings is 1. The predicted molar refractivity (Wildman–Crippen MR) is 131 cm³/mol. The number of hydrogen-bond acceptors (Lipinski definition) is 5. The number of aryl methyl sites for hydroxylation is 1. The maximum absolute atomic E-state index is 13.6. The maximum Gasteiger partial charge on any atom is 0.416 e. The van der Waals surface area contributed by atoms with Gasteiger partial charge in [0.05, 0.1) is 11.8 Å². The molecule has 182 valence electrons. The molecule has 0 radical (unpaired) electrons. The minimum Gasteiger partial charge on any atom is -0.294 e. The summed E-state index contributed by atoms with van der Waals surface area (Å²) >= 11 is 0. The summed E-state index contributed by atoms with van der Waals surface area (Å²) in [5, 5.41) is 4.23. The Morgan fingerprint density at radius 2 is 1.78 bits per heavy atom. The van der Waals surface area contributed by atoms with E-state index < -0.39 is 11.7 Å². The van der Waals surface area contributed by atoms with Crippen LogP contribution in [0.3, 0.4) is 0 Å². The van der Waals surface area contributed by atoms with Crippen molar-refractivity contribution in [1.82, 2.24) is 24.6 Å². The molecule has 5 aromatic rings. The van der Waals surface area contributed by atoms with Gasteiger partial charge in [-0.15, -0.1) is 0 Å². The Labute approximate surface area is 209 Å². The molecule has 6 nitrogen and oxygen atoms in total. The molecule has 0 bridgehead atoms. The third-order valence-electron chi connectivity index (χ3n) is 5.74. The fourth-order valence-corrected chi connectivity index (χ4v) is 3.84. The SMILES string of the molecule is Cc1ccc(C(=O)Cc2cc(-c3cncnc3)cc(C(F)(F)F)c2)cc1C#Cc1cnc2cccnn12. The van der Waals surface area contributed by atoms with Crippen LogP contribution in [0.25, 0.3) is 16.8 Å². The monoisotopic (exact) mass is 497 g/mol. The summed E-state index contributed by atoms with van der Waals surface area (Å²) in [5.41, 5.74) is 3.21. The zero-order chi connectivity index (χ0) is 26.0. The van der Waals surface area contributed by atoms with Crippen LogP contribution in [-0.4, -0.2) is 30.3 Å². The molecule has 0 fully saturated rings. The van der Waals surface area contributed by atoms with Gasteiger partial charge in [0.2, 0.25) is 0 Å². The van der Waals surface area contributed by atoms with E-state index in [-0.39, 0.29) is 23.3 Å². The van der Waals surface area contributed by atoms with Crippen LogP contribution in [0.4, 0.5) is 13.2 Å². The average Bonchev–Trinajstić information content (AvgIpc) is 3.31. The van der Waals surface area contributed by atoms with Crippen LogP contribution >= 0.6 is 0 Å². The van der Waals surface area contributed by atoms with Crippen LogP contribution in [-0.2, 0) is 12.6 Å². The molecule has 0 N–H and O–H groups in total. The average molecular weight is 497 g/mol. The number of fused-ring (bicyclic) bond motifs is 1. The molecule has 5 rings (SSSR count). The van der Waals surface area contributed by atoms with E-state index in [4.69, 9.17) is 0 Å². The zero-order valence-corrected chi connectivity index (χ0v) is 19.5. The Morgan fingerprint density at radius 3 is 2.57 bits per heavy atom. The molecular weight excluding hydrogens is 479 g/mol. The summed E-state index contributed by atoms with van der Waals surface area (Å²) in [7, 11) is 0. The predicted octanol–water partition coefficient (Wildman–Crippen LogP) is 5.34. The Balaban J connectivity index is 1.45. The minimum absolute atomic E-state index is 0.211. The van der Waals surface area contributed by atoms with Crippen LogP contribution in [0.2, 0.25) is 0 Å². The van der Waals surface area contributed by atoms with Crippen molar-refractivity contribution in [2.45, 2.75) is 19.5 Å². The largest absolute Gasteiger partial charge is 0.416 e. The molecule has 0 amide bonds. The van der Waals surface area contributed by atoms with Crippen LogP contribution in [0.5, 0.6) is 0 Å². The first-order valence-corrected chi connectivity index (χ1v) is 11.2. The number of carbonyl (C=O) groups excluding carboxylic acids is 1. The highest BCUT2D eigenvalue weighted by molar-refractivity contribution is 5.98. The molecule has 0 spiro atoms. The number of benzene rings is 2. The van der Waals surface area contributed by atoms with E-state index >= 15 is 0 Å². The second kappa shape index (κ2) is 9.66. The number of alkyl halides is 3. The summed E-state index contributed by atoms with van der Waals surface area (Å²) in [6, 6.07) is 12.2. The van der Waals surface area contributed by atoms with Gasteiger partial charge in [-0.3, -0.25) is 4.79 Å². The van der Waals surface area contributed by atoms with Crippen molar-refractivity contribution in [2.24, 2.45) is 0 Å². The van der Waals surface area contributed by atoms with E-state index in [9.17, 15) is 18.0 Å². The normalized spacial score (nSPS) is 11.2. The number of nitrogens with zero attached hydrogens (tertiary/aromatic N) is 5. The van der Waals surface area contributed by atoms with Crippen molar-refractivity contribution in [3.05, 3.63) is 113 Å². The number of hydrogen-bond donors (Lipinski definition) is 0. The highest BCUT2D eigenvalue weighted by Gasteiger charge is 2.31. The van der Waals surface area contributed by atoms with Crippen molar-refractivity contribution in [2.75, 3.05) is 0 Å². The van der Waals surface area contributed by atoms with Crippen molar-refractivity contribution in [3.63, 3.8) is 0 Å². The molecule has 3 aromatic heterocycles. The molecule has 0 unspecified atom stereocenters. The lowest BCUT2D eigenvalue weighted by atomic mass is 9.95. The number of carbonyl (C=O) groups is 1. The Hall–Kier alpha value is -4.84. The Bertz CT molecular complexity index is 1680. The summed E-state index contributed by atoms with van der Waals surface area (Å²) in [5.74, 6) is 5.77. The first-order valence-electron chi connectivity index (χ1n) is 11.2. The molecule has 0 aliphatic heterocycles. The molecular formula is C28H18F3N5O. The molecule has 37 heavy (non-hydrogen) atoms. The fraction of sp³-hybridized carbons (Fsp3) is 0.107. The van der Waals surface area contributed by atoms with Gasteiger partial charge in [0.25, 0.3) is 0 Å². The standard InChI is InChI=1S/C28H18F3N5O/c1-18-4-5-21(12-20(18)6-7-25-16-34-27-3-2-8-35-36(25)27)26(37)11-19-9-22(23-14-32-17-33-15-23)13-24(10-19)28(29,30)31/h2-5,8-10,12-17H,11H2,1H3. The van der Waals surface area contributed by atoms with Gasteiger partial charge < -0.3 is 0 Å². The summed E-state index contributed by atoms with van der Waals surface area (Å²) in [6.07, 6.45) is 2.62. The topological polar surface area (TPSA) is 73.0 Å². The Morgan fingerprint density at radius 1 is 0.973 bits per heavy atom. The highest BCUT2D eigenvalue weighted by Crippen LogP contribution is 2.33. The highest BCUT2D eigenvalue weighted by atomic mass is 19.4. The molecule has 0 saturated carbocycles. The van der Waals surface area contributed by atoms with Gasteiger partial charge in [0.1, 0.15) is 12.0 Å². The molecule has 2 aromatic carbocycles. The van der Waals surface area contributed by atoms with Gasteiger partial charge in [-0.2, -0.15) is 18.3 Å². The van der Waals surface area contributed by atoms with Crippen LogP contribution in [0.1, 0.15) is 38.3 Å². The van der Waals surface area contributed by atoms with Crippen molar-refractivity contribution in [3.8, 4) is 23.0 Å². The van der Waals surface area contributed by atoms with Crippen LogP contribution in [0.15, 0.2) is 79.6 Å². The number of aromatic nitrogens is 5. The van der Waals surface area contributed by atoms with E-state index in [1.807, 2.05) is 13.0 Å².